The molecule has 0 aliphatic carbocycles. The van der Waals surface area contributed by atoms with Crippen LogP contribution in [0.2, 0.25) is 0 Å². The molecule has 7 heteroatoms. The molecule has 1 aromatic carbocycles. The van der Waals surface area contributed by atoms with Gasteiger partial charge in [0.2, 0.25) is 0 Å². The number of aromatic nitrogens is 2. The second-order valence-electron chi connectivity index (χ2n) is 8.11. The summed E-state index contributed by atoms with van der Waals surface area (Å²) in [4.78, 5) is 11.7. The Kier molecular flexibility index (Phi) is 4.55. The van der Waals surface area contributed by atoms with Crippen LogP contribution in [0.15, 0.2) is 46.5 Å². The Morgan fingerprint density at radius 1 is 1.13 bits per heavy atom. The van der Waals surface area contributed by atoms with E-state index in [9.17, 15) is 5.11 Å². The number of nitrogens with zero attached hydrogens (tertiary/aromatic N) is 6. The fourth-order valence-corrected chi connectivity index (χ4v) is 4.18. The van der Waals surface area contributed by atoms with E-state index < -0.39 is 0 Å². The molecule has 0 radical (unpaired) electrons. The minimum absolute atomic E-state index is 0.0458. The van der Waals surface area contributed by atoms with Crippen LogP contribution in [0.4, 0.5) is 0 Å². The second kappa shape index (κ2) is 7.25. The summed E-state index contributed by atoms with van der Waals surface area (Å²) < 4.78 is 2.06. The van der Waals surface area contributed by atoms with Crippen molar-refractivity contribution in [3.8, 4) is 17.0 Å². The number of aliphatic imine (C=N–C) groups is 2. The molecule has 3 aliphatic rings. The summed E-state index contributed by atoms with van der Waals surface area (Å²) in [6.07, 6.45) is 3.94. The summed E-state index contributed by atoms with van der Waals surface area (Å²) in [5, 5.41) is 19.5. The largest absolute Gasteiger partial charge is 0.507 e. The van der Waals surface area contributed by atoms with Gasteiger partial charge in [0.25, 0.3) is 6.17 Å². The van der Waals surface area contributed by atoms with Crippen molar-refractivity contribution >= 4 is 23.3 Å². The zero-order valence-corrected chi connectivity index (χ0v) is 17.4. The summed E-state index contributed by atoms with van der Waals surface area (Å²) in [5.74, 6) is 0.629. The molecule has 2 aromatic rings. The fourth-order valence-electron chi connectivity index (χ4n) is 4.18. The molecule has 7 nitrogen and oxygen atoms in total. The minimum Gasteiger partial charge on any atom is -0.507 e. The van der Waals surface area contributed by atoms with Crippen LogP contribution in [0, 0.1) is 0 Å². The first-order valence-electron chi connectivity index (χ1n) is 10.4. The lowest BCUT2D eigenvalue weighted by molar-refractivity contribution is -0.468. The highest BCUT2D eigenvalue weighted by molar-refractivity contribution is 6.29. The van der Waals surface area contributed by atoms with Crippen LogP contribution in [0.25, 0.3) is 17.0 Å². The first-order chi connectivity index (χ1) is 14.5. The molecular weight excluding hydrogens is 376 g/mol. The van der Waals surface area contributed by atoms with Crippen molar-refractivity contribution in [3.05, 3.63) is 47.8 Å². The predicted molar refractivity (Wildman–Crippen MR) is 118 cm³/mol. The second-order valence-corrected chi connectivity index (χ2v) is 8.11. The SMILES string of the molecule is CCN1CC(c2ccc(-c3ccc(C4=C[N+]5=CC(C)=NC5C(C)=N4)cc3O)nn2)C1. The minimum atomic E-state index is -0.0458. The number of phenols is 1. The quantitative estimate of drug-likeness (QED) is 0.799. The van der Waals surface area contributed by atoms with Crippen molar-refractivity contribution < 1.29 is 9.68 Å². The van der Waals surface area contributed by atoms with E-state index in [1.807, 2.05) is 50.5 Å². The van der Waals surface area contributed by atoms with Crippen LogP contribution < -0.4 is 0 Å². The zero-order valence-electron chi connectivity index (χ0n) is 17.4. The first kappa shape index (κ1) is 18.8. The van der Waals surface area contributed by atoms with Gasteiger partial charge in [-0.3, -0.25) is 0 Å². The Morgan fingerprint density at radius 2 is 1.97 bits per heavy atom. The molecule has 152 valence electrons. The molecule has 0 spiro atoms. The molecule has 0 saturated carbocycles. The third kappa shape index (κ3) is 3.25. The third-order valence-electron chi connectivity index (χ3n) is 5.96. The lowest BCUT2D eigenvalue weighted by Crippen LogP contribution is -2.44. The number of phenolic OH excluding ortho intramolecular Hbond substituents is 1. The van der Waals surface area contributed by atoms with Gasteiger partial charge in [-0.05, 0) is 44.7 Å². The van der Waals surface area contributed by atoms with Crippen molar-refractivity contribution in [1.29, 1.82) is 0 Å². The lowest BCUT2D eigenvalue weighted by Gasteiger charge is -2.37. The predicted octanol–water partition coefficient (Wildman–Crippen LogP) is 2.93. The maximum Gasteiger partial charge on any atom is 0.290 e. The van der Waals surface area contributed by atoms with E-state index in [0.717, 1.165) is 48.0 Å². The number of aromatic hydroxyl groups is 1. The zero-order chi connectivity index (χ0) is 20.8. The maximum atomic E-state index is 10.7. The summed E-state index contributed by atoms with van der Waals surface area (Å²) >= 11 is 0. The molecular formula is C23H25N6O+. The summed E-state index contributed by atoms with van der Waals surface area (Å²) in [6.45, 7) is 9.29. The van der Waals surface area contributed by atoms with Gasteiger partial charge < -0.3 is 10.0 Å². The number of hydrogen-bond acceptors (Lipinski definition) is 6. The molecule has 0 amide bonds. The lowest BCUT2D eigenvalue weighted by atomic mass is 9.96. The van der Waals surface area contributed by atoms with Gasteiger partial charge >= 0.3 is 0 Å². The van der Waals surface area contributed by atoms with E-state index in [2.05, 4.69) is 31.6 Å². The number of fused-ring (bicyclic) bond motifs is 1. The number of hydrogen-bond donors (Lipinski definition) is 1. The Labute approximate surface area is 175 Å². The van der Waals surface area contributed by atoms with Gasteiger partial charge in [-0.15, -0.1) is 0 Å². The normalized spacial score (nSPS) is 21.4. The summed E-state index contributed by atoms with van der Waals surface area (Å²) in [6, 6.07) is 9.54. The molecule has 30 heavy (non-hydrogen) atoms. The van der Waals surface area contributed by atoms with Gasteiger partial charge in [-0.25, -0.2) is 9.98 Å². The number of likely N-dealkylation sites (N-methyl/N-ethyl adjacent to an activating group) is 1. The van der Waals surface area contributed by atoms with E-state index in [1.54, 1.807) is 6.07 Å². The molecule has 1 unspecified atom stereocenters. The molecule has 3 aliphatic heterocycles. The average Bonchev–Trinajstić information content (AvgIpc) is 3.09. The smallest absolute Gasteiger partial charge is 0.290 e. The third-order valence-corrected chi connectivity index (χ3v) is 5.96. The molecule has 4 heterocycles. The van der Waals surface area contributed by atoms with E-state index in [0.29, 0.717) is 17.2 Å². The van der Waals surface area contributed by atoms with Crippen LogP contribution in [0.5, 0.6) is 5.75 Å². The highest BCUT2D eigenvalue weighted by atomic mass is 16.3. The Bertz CT molecular complexity index is 1120. The van der Waals surface area contributed by atoms with Gasteiger partial charge in [-0.1, -0.05) is 13.0 Å². The molecule has 1 N–H and O–H groups in total. The van der Waals surface area contributed by atoms with E-state index in [1.165, 1.54) is 0 Å². The number of benzene rings is 1. The van der Waals surface area contributed by atoms with Gasteiger partial charge in [0.1, 0.15) is 22.9 Å². The number of likely N-dealkylation sites (tertiary alicyclic amines) is 1. The van der Waals surface area contributed by atoms with Crippen molar-refractivity contribution in [2.75, 3.05) is 19.6 Å². The molecule has 5 rings (SSSR count). The summed E-state index contributed by atoms with van der Waals surface area (Å²) in [5.41, 5.74) is 5.93. The highest BCUT2D eigenvalue weighted by Gasteiger charge is 2.32. The Balaban J connectivity index is 1.38. The van der Waals surface area contributed by atoms with Gasteiger partial charge in [0, 0.05) is 30.1 Å². The Hall–Kier alpha value is -3.19. The first-order valence-corrected chi connectivity index (χ1v) is 10.4. The summed E-state index contributed by atoms with van der Waals surface area (Å²) in [7, 11) is 0. The van der Waals surface area contributed by atoms with Crippen molar-refractivity contribution in [2.24, 2.45) is 9.98 Å². The fraction of sp³-hybridized carbons (Fsp3) is 0.348. The van der Waals surface area contributed by atoms with E-state index in [-0.39, 0.29) is 11.9 Å². The topological polar surface area (TPSA) is 77.0 Å². The maximum absolute atomic E-state index is 10.7. The van der Waals surface area contributed by atoms with Gasteiger partial charge in [0.05, 0.1) is 11.4 Å². The van der Waals surface area contributed by atoms with Gasteiger partial charge in [-0.2, -0.15) is 14.8 Å². The standard InChI is InChI=1S/C23H24N6O/c1-4-28-11-17(12-28)19-7-8-20(27-26-19)18-6-5-16(9-22(18)30)21-13-29-10-14(2)24-23(29)15(3)25-21/h5-10,13,17,23H,4,11-12H2,1-3H3/p+1. The Morgan fingerprint density at radius 3 is 2.67 bits per heavy atom. The van der Waals surface area contributed by atoms with Crippen LogP contribution in [0.1, 0.15) is 37.9 Å². The molecule has 0 bridgehead atoms. The average molecular weight is 401 g/mol. The van der Waals surface area contributed by atoms with Crippen molar-refractivity contribution in [1.82, 2.24) is 15.1 Å². The van der Waals surface area contributed by atoms with Gasteiger partial charge in [0.15, 0.2) is 12.4 Å². The monoisotopic (exact) mass is 401 g/mol. The van der Waals surface area contributed by atoms with E-state index >= 15 is 0 Å². The van der Waals surface area contributed by atoms with E-state index in [4.69, 9.17) is 4.99 Å². The van der Waals surface area contributed by atoms with Crippen molar-refractivity contribution in [3.63, 3.8) is 0 Å². The van der Waals surface area contributed by atoms with Crippen molar-refractivity contribution in [2.45, 2.75) is 32.9 Å². The highest BCUT2D eigenvalue weighted by Crippen LogP contribution is 2.33. The molecule has 1 fully saturated rings. The molecule has 1 saturated heterocycles. The van der Waals surface area contributed by atoms with Crippen LogP contribution in [-0.2, 0) is 0 Å². The van der Waals surface area contributed by atoms with Crippen LogP contribution in [-0.4, -0.2) is 68.2 Å². The molecule has 1 atom stereocenters. The number of rotatable bonds is 4. The molecule has 1 aromatic heterocycles. The van der Waals surface area contributed by atoms with Crippen LogP contribution in [0.3, 0.4) is 0 Å². The van der Waals surface area contributed by atoms with Crippen LogP contribution >= 0.6 is 0 Å².